The van der Waals surface area contributed by atoms with E-state index in [1.54, 1.807) is 0 Å². The topological polar surface area (TPSA) is 75.3 Å². The molecule has 104 valence electrons. The van der Waals surface area contributed by atoms with Gasteiger partial charge in [0.15, 0.2) is 0 Å². The lowest BCUT2D eigenvalue weighted by Crippen LogP contribution is -2.43. The maximum Gasteiger partial charge on any atom is 0.239 e. The summed E-state index contributed by atoms with van der Waals surface area (Å²) < 4.78 is 22.5. The number of para-hydroxylation sites is 1. The first kappa shape index (κ1) is 13.9. The number of carbonyl (C=O) groups excluding carboxylic acids is 1. The zero-order chi connectivity index (χ0) is 13.7. The van der Waals surface area contributed by atoms with E-state index < -0.39 is 9.84 Å². The zero-order valence-corrected chi connectivity index (χ0v) is 11.4. The summed E-state index contributed by atoms with van der Waals surface area (Å²) in [6, 6.07) is 9.46. The normalized spacial score (nSPS) is 18.7. The summed E-state index contributed by atoms with van der Waals surface area (Å²) in [5.74, 6) is 0.238. The number of hydrogen-bond acceptors (Lipinski definition) is 4. The molecule has 1 aliphatic rings. The fourth-order valence-corrected chi connectivity index (χ4v) is 3.54. The first-order valence-corrected chi connectivity index (χ1v) is 8.16. The van der Waals surface area contributed by atoms with Crippen LogP contribution in [0.1, 0.15) is 12.8 Å². The molecule has 1 heterocycles. The first-order valence-electron chi connectivity index (χ1n) is 6.34. The lowest BCUT2D eigenvalue weighted by atomic mass is 10.1. The fourth-order valence-electron chi connectivity index (χ4n) is 2.05. The Morgan fingerprint density at radius 1 is 1.16 bits per heavy atom. The van der Waals surface area contributed by atoms with Gasteiger partial charge in [0.05, 0.1) is 18.1 Å². The minimum atomic E-state index is -2.87. The van der Waals surface area contributed by atoms with Crippen molar-refractivity contribution in [2.24, 2.45) is 0 Å². The van der Waals surface area contributed by atoms with Gasteiger partial charge in [-0.15, -0.1) is 0 Å². The highest BCUT2D eigenvalue weighted by Crippen LogP contribution is 2.12. The van der Waals surface area contributed by atoms with Crippen molar-refractivity contribution in [1.82, 2.24) is 5.32 Å². The van der Waals surface area contributed by atoms with E-state index >= 15 is 0 Å². The van der Waals surface area contributed by atoms with Gasteiger partial charge < -0.3 is 10.6 Å². The average molecular weight is 282 g/mol. The van der Waals surface area contributed by atoms with Crippen LogP contribution in [0.5, 0.6) is 0 Å². The Bertz CT molecular complexity index is 514. The highest BCUT2D eigenvalue weighted by Gasteiger charge is 2.24. The maximum absolute atomic E-state index is 11.7. The zero-order valence-electron chi connectivity index (χ0n) is 10.6. The largest absolute Gasteiger partial charge is 0.376 e. The molecule has 1 amide bonds. The third kappa shape index (κ3) is 4.55. The van der Waals surface area contributed by atoms with Crippen molar-refractivity contribution < 1.29 is 13.2 Å². The molecule has 0 aliphatic carbocycles. The lowest BCUT2D eigenvalue weighted by molar-refractivity contribution is -0.120. The van der Waals surface area contributed by atoms with Gasteiger partial charge >= 0.3 is 0 Å². The third-order valence-corrected chi connectivity index (χ3v) is 4.86. The number of amides is 1. The van der Waals surface area contributed by atoms with Crippen molar-refractivity contribution in [1.29, 1.82) is 0 Å². The molecule has 1 aromatic carbocycles. The Morgan fingerprint density at radius 2 is 1.79 bits per heavy atom. The molecular weight excluding hydrogens is 264 g/mol. The van der Waals surface area contributed by atoms with E-state index in [4.69, 9.17) is 0 Å². The van der Waals surface area contributed by atoms with Crippen LogP contribution < -0.4 is 10.6 Å². The number of carbonyl (C=O) groups is 1. The van der Waals surface area contributed by atoms with Crippen LogP contribution in [0.25, 0.3) is 0 Å². The van der Waals surface area contributed by atoms with Crippen molar-refractivity contribution >= 4 is 21.4 Å². The third-order valence-electron chi connectivity index (χ3n) is 3.15. The molecule has 0 atom stereocenters. The molecule has 0 saturated carbocycles. The van der Waals surface area contributed by atoms with E-state index in [1.807, 2.05) is 30.3 Å². The van der Waals surface area contributed by atoms with Crippen molar-refractivity contribution in [3.8, 4) is 0 Å². The molecule has 1 saturated heterocycles. The minimum Gasteiger partial charge on any atom is -0.376 e. The van der Waals surface area contributed by atoms with Gasteiger partial charge in [-0.2, -0.15) is 0 Å². The van der Waals surface area contributed by atoms with Gasteiger partial charge in [-0.1, -0.05) is 18.2 Å². The number of rotatable bonds is 4. The number of benzene rings is 1. The second-order valence-electron chi connectivity index (χ2n) is 4.71. The molecular formula is C13H18N2O3S. The molecule has 6 heteroatoms. The Labute approximate surface area is 113 Å². The highest BCUT2D eigenvalue weighted by atomic mass is 32.2. The molecule has 1 aromatic rings. The molecule has 0 unspecified atom stereocenters. The molecule has 1 aliphatic heterocycles. The summed E-state index contributed by atoms with van der Waals surface area (Å²) >= 11 is 0. The van der Waals surface area contributed by atoms with Gasteiger partial charge in [0, 0.05) is 11.7 Å². The summed E-state index contributed by atoms with van der Waals surface area (Å²) in [6.45, 7) is 0.202. The molecule has 0 radical (unpaired) electrons. The van der Waals surface area contributed by atoms with Crippen molar-refractivity contribution in [2.75, 3.05) is 23.4 Å². The van der Waals surface area contributed by atoms with Crippen molar-refractivity contribution in [2.45, 2.75) is 18.9 Å². The Morgan fingerprint density at radius 3 is 2.42 bits per heavy atom. The predicted octanol–water partition coefficient (Wildman–Crippen LogP) is 0.792. The van der Waals surface area contributed by atoms with Gasteiger partial charge in [0.1, 0.15) is 9.84 Å². The molecule has 1 fully saturated rings. The highest BCUT2D eigenvalue weighted by molar-refractivity contribution is 7.91. The summed E-state index contributed by atoms with van der Waals surface area (Å²) in [7, 11) is -2.87. The predicted molar refractivity (Wildman–Crippen MR) is 74.8 cm³/mol. The second-order valence-corrected chi connectivity index (χ2v) is 7.02. The van der Waals surface area contributed by atoms with E-state index in [0.29, 0.717) is 12.8 Å². The maximum atomic E-state index is 11.7. The van der Waals surface area contributed by atoms with Crippen molar-refractivity contribution in [3.63, 3.8) is 0 Å². The van der Waals surface area contributed by atoms with Crippen molar-refractivity contribution in [3.05, 3.63) is 30.3 Å². The first-order chi connectivity index (χ1) is 9.05. The van der Waals surface area contributed by atoms with Crippen LogP contribution in [0.2, 0.25) is 0 Å². The van der Waals surface area contributed by atoms with Gasteiger partial charge in [-0.05, 0) is 25.0 Å². The van der Waals surface area contributed by atoms with Crippen LogP contribution in [-0.2, 0) is 14.6 Å². The van der Waals surface area contributed by atoms with E-state index in [2.05, 4.69) is 10.6 Å². The quantitative estimate of drug-likeness (QED) is 0.856. The molecule has 19 heavy (non-hydrogen) atoms. The number of hydrogen-bond donors (Lipinski definition) is 2. The number of nitrogens with one attached hydrogen (secondary N) is 2. The molecule has 0 aromatic heterocycles. The molecule has 2 N–H and O–H groups in total. The summed E-state index contributed by atoms with van der Waals surface area (Å²) in [6.07, 6.45) is 1.03. The van der Waals surface area contributed by atoms with Gasteiger partial charge in [-0.3, -0.25) is 4.79 Å². The SMILES string of the molecule is O=C(CNc1ccccc1)NC1CCS(=O)(=O)CC1. The monoisotopic (exact) mass is 282 g/mol. The van der Waals surface area contributed by atoms with Crippen LogP contribution in [0.3, 0.4) is 0 Å². The Kier molecular flexibility index (Phi) is 4.42. The average Bonchev–Trinajstić information content (AvgIpc) is 2.40. The fraction of sp³-hybridized carbons (Fsp3) is 0.462. The van der Waals surface area contributed by atoms with Gasteiger partial charge in [-0.25, -0.2) is 8.42 Å². The van der Waals surface area contributed by atoms with Crippen LogP contribution in [0.4, 0.5) is 5.69 Å². The Balaban J connectivity index is 1.73. The molecule has 2 rings (SSSR count). The van der Waals surface area contributed by atoms with Crippen LogP contribution in [0.15, 0.2) is 30.3 Å². The summed E-state index contributed by atoms with van der Waals surface area (Å²) in [4.78, 5) is 11.7. The smallest absolute Gasteiger partial charge is 0.239 e. The number of sulfone groups is 1. The second kappa shape index (κ2) is 6.06. The Hall–Kier alpha value is -1.56. The summed E-state index contributed by atoms with van der Waals surface area (Å²) in [5, 5.41) is 5.88. The molecule has 5 nitrogen and oxygen atoms in total. The van der Waals surface area contributed by atoms with Crippen LogP contribution in [-0.4, -0.2) is 38.4 Å². The molecule has 0 bridgehead atoms. The van der Waals surface area contributed by atoms with Crippen LogP contribution >= 0.6 is 0 Å². The van der Waals surface area contributed by atoms with Crippen LogP contribution in [0, 0.1) is 0 Å². The molecule has 0 spiro atoms. The van der Waals surface area contributed by atoms with E-state index in [1.165, 1.54) is 0 Å². The van der Waals surface area contributed by atoms with E-state index in [-0.39, 0.29) is 30.0 Å². The standard InChI is InChI=1S/C13H18N2O3S/c16-13(10-14-11-4-2-1-3-5-11)15-12-6-8-19(17,18)9-7-12/h1-5,12,14H,6-10H2,(H,15,16). The van der Waals surface area contributed by atoms with Gasteiger partial charge in [0.25, 0.3) is 0 Å². The minimum absolute atomic E-state index is 0.0198. The van der Waals surface area contributed by atoms with Gasteiger partial charge in [0.2, 0.25) is 5.91 Å². The lowest BCUT2D eigenvalue weighted by Gasteiger charge is -2.23. The van der Waals surface area contributed by atoms with E-state index in [0.717, 1.165) is 5.69 Å². The number of anilines is 1. The van der Waals surface area contributed by atoms with E-state index in [9.17, 15) is 13.2 Å². The summed E-state index contributed by atoms with van der Waals surface area (Å²) in [5.41, 5.74) is 0.892.